The molecular weight excluding hydrogens is 376 g/mol. The van der Waals surface area contributed by atoms with Crippen molar-refractivity contribution in [1.29, 1.82) is 0 Å². The van der Waals surface area contributed by atoms with Crippen molar-refractivity contribution in [3.8, 4) is 0 Å². The smallest absolute Gasteiger partial charge is 0.407 e. The predicted molar refractivity (Wildman–Crippen MR) is 109 cm³/mol. The summed E-state index contributed by atoms with van der Waals surface area (Å²) in [5.41, 5.74) is 6.07. The van der Waals surface area contributed by atoms with Crippen LogP contribution in [0.4, 0.5) is 4.79 Å². The zero-order chi connectivity index (χ0) is 21.6. The van der Waals surface area contributed by atoms with Gasteiger partial charge in [-0.25, -0.2) is 9.59 Å². The monoisotopic (exact) mass is 404 g/mol. The van der Waals surface area contributed by atoms with Crippen LogP contribution in [-0.2, 0) is 22.4 Å². The first-order chi connectivity index (χ1) is 13.6. The van der Waals surface area contributed by atoms with E-state index in [0.717, 1.165) is 0 Å². The Bertz CT molecular complexity index is 929. The van der Waals surface area contributed by atoms with Crippen molar-refractivity contribution in [2.24, 2.45) is 11.1 Å². The molecule has 1 aromatic heterocycles. The Kier molecular flexibility index (Phi) is 7.39. The highest BCUT2D eigenvalue weighted by Gasteiger charge is 2.23. The lowest BCUT2D eigenvalue weighted by molar-refractivity contribution is -0.139. The number of hydrogen-bond acceptors (Lipinski definition) is 6. The average Bonchev–Trinajstić information content (AvgIpc) is 2.64. The van der Waals surface area contributed by atoms with Gasteiger partial charge in [0.2, 0.25) is 0 Å². The predicted octanol–water partition coefficient (Wildman–Crippen LogP) is 2.45. The Morgan fingerprint density at radius 3 is 2.62 bits per heavy atom. The molecule has 8 nitrogen and oxygen atoms in total. The highest BCUT2D eigenvalue weighted by molar-refractivity contribution is 5.81. The van der Waals surface area contributed by atoms with Crippen LogP contribution in [0.3, 0.4) is 0 Å². The maximum absolute atomic E-state index is 12.4. The minimum Gasteiger partial charge on any atom is -0.480 e. The van der Waals surface area contributed by atoms with Gasteiger partial charge in [0.15, 0.2) is 5.43 Å². The van der Waals surface area contributed by atoms with Crippen LogP contribution in [0.5, 0.6) is 0 Å². The molecule has 0 saturated heterocycles. The second-order valence-corrected chi connectivity index (χ2v) is 8.18. The lowest BCUT2D eigenvalue weighted by Crippen LogP contribution is -2.43. The number of carboxylic acid groups (broad SMARTS) is 1. The van der Waals surface area contributed by atoms with Gasteiger partial charge in [-0.05, 0) is 36.1 Å². The van der Waals surface area contributed by atoms with E-state index < -0.39 is 18.1 Å². The summed E-state index contributed by atoms with van der Waals surface area (Å²) >= 11 is 0. The number of amides is 1. The van der Waals surface area contributed by atoms with Gasteiger partial charge in [-0.1, -0.05) is 26.8 Å². The number of hydrogen-bond donors (Lipinski definition) is 3. The van der Waals surface area contributed by atoms with Gasteiger partial charge < -0.3 is 25.3 Å². The molecule has 0 bridgehead atoms. The van der Waals surface area contributed by atoms with E-state index in [1.165, 1.54) is 6.07 Å². The van der Waals surface area contributed by atoms with E-state index in [4.69, 9.17) is 14.9 Å². The van der Waals surface area contributed by atoms with E-state index in [0.29, 0.717) is 41.7 Å². The molecule has 2 rings (SSSR count). The van der Waals surface area contributed by atoms with Gasteiger partial charge >= 0.3 is 12.1 Å². The number of ether oxygens (including phenoxy) is 1. The molecule has 1 atom stereocenters. The number of carbonyl (C=O) groups excluding carboxylic acids is 1. The van der Waals surface area contributed by atoms with Crippen LogP contribution < -0.4 is 16.5 Å². The van der Waals surface area contributed by atoms with Crippen molar-refractivity contribution in [1.82, 2.24) is 5.32 Å². The van der Waals surface area contributed by atoms with Crippen molar-refractivity contribution >= 4 is 23.0 Å². The second-order valence-electron chi connectivity index (χ2n) is 8.18. The second kappa shape index (κ2) is 9.56. The SMILES string of the molecule is CC(C)(C)COC(=O)N[C@@H](Cc1ccc2oc(CCCN)cc(=O)c2c1)C(=O)O. The summed E-state index contributed by atoms with van der Waals surface area (Å²) in [5, 5.41) is 12.2. The van der Waals surface area contributed by atoms with E-state index in [-0.39, 0.29) is 23.9 Å². The quantitative estimate of drug-likeness (QED) is 0.615. The molecule has 0 fully saturated rings. The summed E-state index contributed by atoms with van der Waals surface area (Å²) in [6.07, 6.45) is 0.497. The molecule has 0 radical (unpaired) electrons. The molecule has 0 aliphatic heterocycles. The lowest BCUT2D eigenvalue weighted by atomic mass is 9.99. The first-order valence-electron chi connectivity index (χ1n) is 9.51. The summed E-state index contributed by atoms with van der Waals surface area (Å²) in [5.74, 6) is -0.630. The number of alkyl carbamates (subject to hydrolysis) is 1. The molecule has 0 saturated carbocycles. The van der Waals surface area contributed by atoms with E-state index in [9.17, 15) is 19.5 Å². The van der Waals surface area contributed by atoms with Crippen LogP contribution in [0, 0.1) is 5.41 Å². The van der Waals surface area contributed by atoms with E-state index >= 15 is 0 Å². The van der Waals surface area contributed by atoms with Crippen LogP contribution in [0.15, 0.2) is 33.5 Å². The van der Waals surface area contributed by atoms with Gasteiger partial charge in [-0.3, -0.25) is 4.79 Å². The molecule has 0 aliphatic carbocycles. The first kappa shape index (κ1) is 22.4. The number of nitrogens with one attached hydrogen (secondary N) is 1. The normalized spacial score (nSPS) is 12.6. The average molecular weight is 404 g/mol. The van der Waals surface area contributed by atoms with Crippen LogP contribution >= 0.6 is 0 Å². The molecule has 1 heterocycles. The van der Waals surface area contributed by atoms with Gasteiger partial charge in [0.1, 0.15) is 17.4 Å². The maximum atomic E-state index is 12.4. The summed E-state index contributed by atoms with van der Waals surface area (Å²) in [7, 11) is 0. The Labute approximate surface area is 169 Å². The Morgan fingerprint density at radius 1 is 1.28 bits per heavy atom. The molecule has 4 N–H and O–H groups in total. The van der Waals surface area contributed by atoms with Gasteiger partial charge in [0.05, 0.1) is 12.0 Å². The number of aliphatic carboxylic acids is 1. The number of carboxylic acids is 1. The van der Waals surface area contributed by atoms with Crippen LogP contribution in [0.1, 0.15) is 38.5 Å². The molecule has 1 amide bonds. The summed E-state index contributed by atoms with van der Waals surface area (Å²) in [4.78, 5) is 35.9. The number of nitrogens with two attached hydrogens (primary N) is 1. The Morgan fingerprint density at radius 2 is 2.00 bits per heavy atom. The van der Waals surface area contributed by atoms with E-state index in [1.807, 2.05) is 20.8 Å². The van der Waals surface area contributed by atoms with Crippen molar-refractivity contribution in [2.75, 3.05) is 13.2 Å². The molecule has 0 aliphatic rings. The zero-order valence-corrected chi connectivity index (χ0v) is 17.0. The van der Waals surface area contributed by atoms with Gasteiger partial charge in [-0.15, -0.1) is 0 Å². The van der Waals surface area contributed by atoms with Crippen LogP contribution in [-0.4, -0.2) is 36.4 Å². The van der Waals surface area contributed by atoms with Gasteiger partial charge in [0, 0.05) is 18.9 Å². The molecule has 29 heavy (non-hydrogen) atoms. The molecule has 0 spiro atoms. The fourth-order valence-electron chi connectivity index (χ4n) is 2.68. The van der Waals surface area contributed by atoms with Crippen LogP contribution in [0.25, 0.3) is 11.0 Å². The number of fused-ring (bicyclic) bond motifs is 1. The van der Waals surface area contributed by atoms with Crippen LogP contribution in [0.2, 0.25) is 0 Å². The van der Waals surface area contributed by atoms with Crippen molar-refractivity contribution in [2.45, 2.75) is 46.1 Å². The Balaban J connectivity index is 2.15. The van der Waals surface area contributed by atoms with Crippen molar-refractivity contribution in [3.05, 3.63) is 45.8 Å². The number of rotatable bonds is 8. The lowest BCUT2D eigenvalue weighted by Gasteiger charge is -2.20. The van der Waals surface area contributed by atoms with Crippen molar-refractivity contribution in [3.63, 3.8) is 0 Å². The first-order valence-corrected chi connectivity index (χ1v) is 9.51. The third kappa shape index (κ3) is 6.90. The third-order valence-electron chi connectivity index (χ3n) is 4.14. The third-order valence-corrected chi connectivity index (χ3v) is 4.14. The molecule has 0 unspecified atom stereocenters. The maximum Gasteiger partial charge on any atom is 0.407 e. The largest absolute Gasteiger partial charge is 0.480 e. The minimum absolute atomic E-state index is 0.00422. The highest BCUT2D eigenvalue weighted by atomic mass is 16.5. The molecular formula is C21H28N2O6. The van der Waals surface area contributed by atoms with E-state index in [1.54, 1.807) is 18.2 Å². The number of aryl methyl sites for hydroxylation is 1. The molecule has 158 valence electrons. The minimum atomic E-state index is -1.19. The zero-order valence-electron chi connectivity index (χ0n) is 17.0. The van der Waals surface area contributed by atoms with Gasteiger partial charge in [-0.2, -0.15) is 0 Å². The fourth-order valence-corrected chi connectivity index (χ4v) is 2.68. The van der Waals surface area contributed by atoms with Crippen molar-refractivity contribution < 1.29 is 23.8 Å². The molecule has 1 aromatic carbocycles. The number of benzene rings is 1. The summed E-state index contributed by atoms with van der Waals surface area (Å²) in [6, 6.07) is 5.14. The van der Waals surface area contributed by atoms with E-state index in [2.05, 4.69) is 5.32 Å². The summed E-state index contributed by atoms with van der Waals surface area (Å²) < 4.78 is 10.8. The summed E-state index contributed by atoms with van der Waals surface area (Å²) in [6.45, 7) is 6.36. The standard InChI is InChI=1S/C21H28N2O6/c1-21(2,3)12-28-20(27)23-16(19(25)26)10-13-6-7-18-15(9-13)17(24)11-14(29-18)5-4-8-22/h6-7,9,11,16H,4-5,8,10,12,22H2,1-3H3,(H,23,27)(H,25,26)/t16-/m0/s1. The van der Waals surface area contributed by atoms with Gasteiger partial charge in [0.25, 0.3) is 0 Å². The Hall–Kier alpha value is -2.87. The topological polar surface area (TPSA) is 132 Å². The number of carbonyl (C=O) groups is 2. The fraction of sp³-hybridized carbons (Fsp3) is 0.476. The molecule has 2 aromatic rings. The molecule has 8 heteroatoms. The highest BCUT2D eigenvalue weighted by Crippen LogP contribution is 2.17.